The second-order valence-electron chi connectivity index (χ2n) is 4.21. The van der Waals surface area contributed by atoms with E-state index in [2.05, 4.69) is 5.16 Å². The zero-order valence-electron chi connectivity index (χ0n) is 11.5. The normalized spacial score (nSPS) is 13.7. The number of amidine groups is 1. The van der Waals surface area contributed by atoms with E-state index in [0.717, 1.165) is 12.8 Å². The number of nitrogens with two attached hydrogens (primary N) is 1. The van der Waals surface area contributed by atoms with Crippen molar-refractivity contribution in [2.75, 3.05) is 13.2 Å². The van der Waals surface area contributed by atoms with Crippen molar-refractivity contribution < 1.29 is 15.1 Å². The van der Waals surface area contributed by atoms with Gasteiger partial charge in [0.05, 0.1) is 12.5 Å². The van der Waals surface area contributed by atoms with Gasteiger partial charge in [0.2, 0.25) is 5.91 Å². The van der Waals surface area contributed by atoms with Gasteiger partial charge in [-0.15, -0.1) is 0 Å². The molecule has 0 aliphatic carbocycles. The molecule has 0 bridgehead atoms. The summed E-state index contributed by atoms with van der Waals surface area (Å²) in [5.41, 5.74) is 5.54. The molecule has 1 unspecified atom stereocenters. The lowest BCUT2D eigenvalue weighted by molar-refractivity contribution is -0.136. The molecule has 6 nitrogen and oxygen atoms in total. The summed E-state index contributed by atoms with van der Waals surface area (Å²) in [5, 5.41) is 20.7. The summed E-state index contributed by atoms with van der Waals surface area (Å²) in [6.45, 7) is 5.99. The third-order valence-corrected chi connectivity index (χ3v) is 3.19. The molecule has 0 saturated heterocycles. The molecule has 0 saturated carbocycles. The van der Waals surface area contributed by atoms with Crippen molar-refractivity contribution in [1.29, 1.82) is 0 Å². The van der Waals surface area contributed by atoms with Crippen molar-refractivity contribution in [2.45, 2.75) is 46.1 Å². The highest BCUT2D eigenvalue weighted by Gasteiger charge is 2.29. The van der Waals surface area contributed by atoms with Crippen LogP contribution >= 0.6 is 0 Å². The first kappa shape index (κ1) is 16.7. The van der Waals surface area contributed by atoms with E-state index in [0.29, 0.717) is 6.42 Å². The van der Waals surface area contributed by atoms with E-state index in [-0.39, 0.29) is 30.9 Å². The summed E-state index contributed by atoms with van der Waals surface area (Å²) in [7, 11) is 0. The molecule has 0 fully saturated rings. The van der Waals surface area contributed by atoms with Crippen LogP contribution < -0.4 is 5.73 Å². The lowest BCUT2D eigenvalue weighted by Gasteiger charge is -2.32. The average molecular weight is 259 g/mol. The van der Waals surface area contributed by atoms with E-state index < -0.39 is 5.92 Å². The predicted octanol–water partition coefficient (Wildman–Crippen LogP) is 0.768. The van der Waals surface area contributed by atoms with Gasteiger partial charge in [0.15, 0.2) is 5.84 Å². The SMILES string of the molecule is CCC(C(=O)N(CCO)C(CC)CC)C(N)=NO. The van der Waals surface area contributed by atoms with E-state index in [9.17, 15) is 4.79 Å². The standard InChI is InChI=1S/C12H25N3O3/c1-4-9(5-2)15(7-8-16)12(17)10(6-3)11(13)14-18/h9-10,16,18H,4-8H2,1-3H3,(H2,13,14). The lowest BCUT2D eigenvalue weighted by atomic mass is 10.0. The van der Waals surface area contributed by atoms with Crippen LogP contribution in [0.2, 0.25) is 0 Å². The minimum Gasteiger partial charge on any atom is -0.409 e. The number of hydrogen-bond donors (Lipinski definition) is 3. The average Bonchev–Trinajstić information content (AvgIpc) is 2.39. The predicted molar refractivity (Wildman–Crippen MR) is 70.4 cm³/mol. The fraction of sp³-hybridized carbons (Fsp3) is 0.833. The van der Waals surface area contributed by atoms with Crippen LogP contribution in [0.25, 0.3) is 0 Å². The van der Waals surface area contributed by atoms with Gasteiger partial charge >= 0.3 is 0 Å². The summed E-state index contributed by atoms with van der Waals surface area (Å²) < 4.78 is 0. The topological polar surface area (TPSA) is 99.2 Å². The molecule has 0 aromatic carbocycles. The van der Waals surface area contributed by atoms with Crippen molar-refractivity contribution >= 4 is 11.7 Å². The third kappa shape index (κ3) is 4.18. The molecule has 106 valence electrons. The molecule has 1 amide bonds. The van der Waals surface area contributed by atoms with Crippen LogP contribution in [-0.4, -0.2) is 46.1 Å². The molecule has 4 N–H and O–H groups in total. The number of hydrogen-bond acceptors (Lipinski definition) is 4. The van der Waals surface area contributed by atoms with Crippen LogP contribution in [0, 0.1) is 5.92 Å². The Labute approximate surface area is 108 Å². The van der Waals surface area contributed by atoms with Crippen molar-refractivity contribution in [2.24, 2.45) is 16.8 Å². The number of nitrogens with zero attached hydrogens (tertiary/aromatic N) is 2. The number of carbonyl (C=O) groups excluding carboxylic acids is 1. The monoisotopic (exact) mass is 259 g/mol. The highest BCUT2D eigenvalue weighted by atomic mass is 16.4. The summed E-state index contributed by atoms with van der Waals surface area (Å²) in [4.78, 5) is 14.0. The maximum atomic E-state index is 12.4. The zero-order chi connectivity index (χ0) is 14.1. The van der Waals surface area contributed by atoms with E-state index in [4.69, 9.17) is 16.0 Å². The number of carbonyl (C=O) groups is 1. The first-order valence-corrected chi connectivity index (χ1v) is 6.45. The first-order chi connectivity index (χ1) is 8.56. The number of oxime groups is 1. The number of aliphatic hydroxyl groups is 1. The molecule has 0 aromatic heterocycles. The fourth-order valence-corrected chi connectivity index (χ4v) is 2.09. The zero-order valence-corrected chi connectivity index (χ0v) is 11.5. The molecule has 0 radical (unpaired) electrons. The molecule has 0 rings (SSSR count). The Morgan fingerprint density at radius 3 is 2.17 bits per heavy atom. The van der Waals surface area contributed by atoms with Gasteiger partial charge in [-0.05, 0) is 19.3 Å². The van der Waals surface area contributed by atoms with Gasteiger partial charge in [0.25, 0.3) is 0 Å². The second kappa shape index (κ2) is 8.74. The quantitative estimate of drug-likeness (QED) is 0.259. The van der Waals surface area contributed by atoms with Crippen LogP contribution in [0.4, 0.5) is 0 Å². The van der Waals surface area contributed by atoms with Gasteiger partial charge in [0.1, 0.15) is 0 Å². The van der Waals surface area contributed by atoms with E-state index in [1.807, 2.05) is 20.8 Å². The molecule has 0 heterocycles. The van der Waals surface area contributed by atoms with Crippen molar-refractivity contribution in [3.63, 3.8) is 0 Å². The Morgan fingerprint density at radius 1 is 1.28 bits per heavy atom. The summed E-state index contributed by atoms with van der Waals surface area (Å²) >= 11 is 0. The largest absolute Gasteiger partial charge is 0.409 e. The minimum absolute atomic E-state index is 0.0728. The van der Waals surface area contributed by atoms with Crippen LogP contribution in [0.3, 0.4) is 0 Å². The fourth-order valence-electron chi connectivity index (χ4n) is 2.09. The van der Waals surface area contributed by atoms with E-state index >= 15 is 0 Å². The summed E-state index contributed by atoms with van der Waals surface area (Å²) in [6.07, 6.45) is 2.10. The highest BCUT2D eigenvalue weighted by Crippen LogP contribution is 2.15. The van der Waals surface area contributed by atoms with Crippen LogP contribution in [0.5, 0.6) is 0 Å². The third-order valence-electron chi connectivity index (χ3n) is 3.19. The van der Waals surface area contributed by atoms with Gasteiger partial charge in [-0.25, -0.2) is 0 Å². The van der Waals surface area contributed by atoms with E-state index in [1.165, 1.54) is 0 Å². The van der Waals surface area contributed by atoms with Crippen LogP contribution in [0.1, 0.15) is 40.0 Å². The molecule has 0 aromatic rings. The molecular formula is C12H25N3O3. The first-order valence-electron chi connectivity index (χ1n) is 6.45. The van der Waals surface area contributed by atoms with Gasteiger partial charge in [-0.2, -0.15) is 0 Å². The molecule has 6 heteroatoms. The van der Waals surface area contributed by atoms with Gasteiger partial charge in [0, 0.05) is 12.6 Å². The van der Waals surface area contributed by atoms with Crippen LogP contribution in [0.15, 0.2) is 5.16 Å². The van der Waals surface area contributed by atoms with Gasteiger partial charge in [-0.3, -0.25) is 4.79 Å². The number of aliphatic hydroxyl groups excluding tert-OH is 1. The Balaban J connectivity index is 5.04. The van der Waals surface area contributed by atoms with Crippen LogP contribution in [-0.2, 0) is 4.79 Å². The highest BCUT2D eigenvalue weighted by molar-refractivity contribution is 6.02. The Bertz CT molecular complexity index is 278. The molecule has 18 heavy (non-hydrogen) atoms. The smallest absolute Gasteiger partial charge is 0.233 e. The summed E-state index contributed by atoms with van der Waals surface area (Å²) in [6, 6.07) is 0.0743. The molecule has 0 aliphatic rings. The maximum absolute atomic E-state index is 12.4. The molecule has 0 aliphatic heterocycles. The summed E-state index contributed by atoms with van der Waals surface area (Å²) in [5.74, 6) is -0.880. The Morgan fingerprint density at radius 2 is 1.83 bits per heavy atom. The van der Waals surface area contributed by atoms with Crippen molar-refractivity contribution in [1.82, 2.24) is 4.90 Å². The minimum atomic E-state index is -0.623. The van der Waals surface area contributed by atoms with Crippen molar-refractivity contribution in [3.05, 3.63) is 0 Å². The number of rotatable bonds is 8. The van der Waals surface area contributed by atoms with Gasteiger partial charge < -0.3 is 20.9 Å². The molecular weight excluding hydrogens is 234 g/mol. The lowest BCUT2D eigenvalue weighted by Crippen LogP contribution is -2.47. The number of amides is 1. The maximum Gasteiger partial charge on any atom is 0.233 e. The van der Waals surface area contributed by atoms with Gasteiger partial charge in [-0.1, -0.05) is 25.9 Å². The Hall–Kier alpha value is -1.30. The Kier molecular flexibility index (Phi) is 8.11. The van der Waals surface area contributed by atoms with Crippen molar-refractivity contribution in [3.8, 4) is 0 Å². The van der Waals surface area contributed by atoms with E-state index in [1.54, 1.807) is 4.90 Å². The molecule has 1 atom stereocenters. The second-order valence-corrected chi connectivity index (χ2v) is 4.21. The molecule has 0 spiro atoms.